The Bertz CT molecular complexity index is 643. The topological polar surface area (TPSA) is 37.4 Å². The van der Waals surface area contributed by atoms with Crippen molar-refractivity contribution in [3.63, 3.8) is 0 Å². The van der Waals surface area contributed by atoms with Crippen LogP contribution in [0.5, 0.6) is 0 Å². The minimum absolute atomic E-state index is 0.165. The molecule has 22 heavy (non-hydrogen) atoms. The Labute approximate surface area is 122 Å². The molecule has 0 spiro atoms. The first-order valence-corrected chi connectivity index (χ1v) is 6.40. The average molecular weight is 319 g/mol. The zero-order chi connectivity index (χ0) is 16.4. The summed E-state index contributed by atoms with van der Waals surface area (Å²) >= 11 is 0. The van der Waals surface area contributed by atoms with Crippen LogP contribution in [0.1, 0.15) is 29.6 Å². The molecule has 1 heterocycles. The predicted octanol–water partition coefficient (Wildman–Crippen LogP) is 3.09. The van der Waals surface area contributed by atoms with Gasteiger partial charge in [-0.3, -0.25) is 14.5 Å². The fourth-order valence-corrected chi connectivity index (χ4v) is 2.05. The van der Waals surface area contributed by atoms with E-state index in [0.29, 0.717) is 24.2 Å². The highest BCUT2D eigenvalue weighted by atomic mass is 19.2. The van der Waals surface area contributed by atoms with Gasteiger partial charge in [0.15, 0.2) is 23.3 Å². The van der Waals surface area contributed by atoms with Crippen LogP contribution in [-0.2, 0) is 4.79 Å². The van der Waals surface area contributed by atoms with Crippen LogP contribution in [-0.4, -0.2) is 23.3 Å². The van der Waals surface area contributed by atoms with Gasteiger partial charge in [0.1, 0.15) is 5.56 Å². The molecule has 0 radical (unpaired) electrons. The van der Waals surface area contributed by atoms with Gasteiger partial charge in [0.25, 0.3) is 11.8 Å². The number of hydrogen-bond donors (Lipinski definition) is 0. The lowest BCUT2D eigenvalue weighted by atomic mass is 10.1. The molecule has 1 aliphatic heterocycles. The van der Waals surface area contributed by atoms with Crippen LogP contribution in [0.15, 0.2) is 12.2 Å². The Kier molecular flexibility index (Phi) is 4.58. The first kappa shape index (κ1) is 16.1. The van der Waals surface area contributed by atoms with Crippen LogP contribution >= 0.6 is 0 Å². The van der Waals surface area contributed by atoms with Crippen molar-refractivity contribution < 1.29 is 31.5 Å². The molecule has 0 atom stereocenters. The van der Waals surface area contributed by atoms with Gasteiger partial charge < -0.3 is 0 Å². The molecule has 0 fully saturated rings. The molecular formula is C14H10F5NO2. The molecule has 1 aliphatic rings. The zero-order valence-electron chi connectivity index (χ0n) is 11.1. The zero-order valence-corrected chi connectivity index (χ0v) is 11.1. The highest BCUT2D eigenvalue weighted by Crippen LogP contribution is 2.24. The van der Waals surface area contributed by atoms with E-state index in [1.54, 1.807) is 0 Å². The number of allylic oxidation sites excluding steroid dienone is 1. The number of halogens is 5. The van der Waals surface area contributed by atoms with E-state index in [2.05, 4.69) is 0 Å². The SMILES string of the molecule is O=C1/C=C\CCCCN1C(=O)c1c(F)c(F)c(F)c(F)c1F. The summed E-state index contributed by atoms with van der Waals surface area (Å²) in [5.74, 6) is -13.7. The Morgan fingerprint density at radius 3 is 2.05 bits per heavy atom. The van der Waals surface area contributed by atoms with E-state index in [0.717, 1.165) is 6.08 Å². The van der Waals surface area contributed by atoms with E-state index in [-0.39, 0.29) is 6.54 Å². The van der Waals surface area contributed by atoms with Crippen LogP contribution in [0.3, 0.4) is 0 Å². The molecule has 0 saturated heterocycles. The highest BCUT2D eigenvalue weighted by Gasteiger charge is 2.33. The van der Waals surface area contributed by atoms with Gasteiger partial charge in [-0.1, -0.05) is 6.08 Å². The number of carbonyl (C=O) groups excluding carboxylic acids is 2. The highest BCUT2D eigenvalue weighted by molar-refractivity contribution is 6.08. The van der Waals surface area contributed by atoms with Crippen molar-refractivity contribution >= 4 is 11.8 Å². The average Bonchev–Trinajstić information content (AvgIpc) is 2.47. The second-order valence-corrected chi connectivity index (χ2v) is 4.64. The third-order valence-corrected chi connectivity index (χ3v) is 3.20. The Morgan fingerprint density at radius 2 is 1.45 bits per heavy atom. The van der Waals surface area contributed by atoms with Crippen molar-refractivity contribution in [1.29, 1.82) is 0 Å². The van der Waals surface area contributed by atoms with E-state index in [9.17, 15) is 31.5 Å². The largest absolute Gasteiger partial charge is 0.275 e. The molecule has 0 saturated carbocycles. The smallest absolute Gasteiger partial charge is 0.266 e. The van der Waals surface area contributed by atoms with Crippen LogP contribution in [0.25, 0.3) is 0 Å². The summed E-state index contributed by atoms with van der Waals surface area (Å²) in [7, 11) is 0. The summed E-state index contributed by atoms with van der Waals surface area (Å²) in [5.41, 5.74) is -1.63. The Morgan fingerprint density at radius 1 is 0.909 bits per heavy atom. The van der Waals surface area contributed by atoms with Gasteiger partial charge in [0.05, 0.1) is 0 Å². The lowest BCUT2D eigenvalue weighted by molar-refractivity contribution is -0.123. The van der Waals surface area contributed by atoms with Gasteiger partial charge in [-0.2, -0.15) is 0 Å². The van der Waals surface area contributed by atoms with Gasteiger partial charge in [0, 0.05) is 6.54 Å². The number of rotatable bonds is 1. The van der Waals surface area contributed by atoms with Gasteiger partial charge >= 0.3 is 0 Å². The second-order valence-electron chi connectivity index (χ2n) is 4.64. The number of amides is 2. The number of imide groups is 1. The van der Waals surface area contributed by atoms with Crippen LogP contribution in [0.4, 0.5) is 22.0 Å². The maximum absolute atomic E-state index is 13.6. The summed E-state index contributed by atoms with van der Waals surface area (Å²) in [6.45, 7) is -0.165. The van der Waals surface area contributed by atoms with Crippen LogP contribution in [0.2, 0.25) is 0 Å². The van der Waals surface area contributed by atoms with Crippen molar-refractivity contribution in [2.75, 3.05) is 6.54 Å². The summed E-state index contributed by atoms with van der Waals surface area (Å²) < 4.78 is 66.5. The fraction of sp³-hybridized carbons (Fsp3) is 0.286. The molecule has 3 nitrogen and oxygen atoms in total. The van der Waals surface area contributed by atoms with Gasteiger partial charge in [-0.15, -0.1) is 0 Å². The molecule has 118 valence electrons. The van der Waals surface area contributed by atoms with Gasteiger partial charge in [0.2, 0.25) is 5.82 Å². The Hall–Kier alpha value is -2.25. The molecular weight excluding hydrogens is 309 g/mol. The Balaban J connectivity index is 2.51. The summed E-state index contributed by atoms with van der Waals surface area (Å²) in [5, 5.41) is 0. The molecule has 0 bridgehead atoms. The number of nitrogens with zero attached hydrogens (tertiary/aromatic N) is 1. The van der Waals surface area contributed by atoms with Crippen molar-refractivity contribution in [3.05, 3.63) is 46.8 Å². The monoisotopic (exact) mass is 319 g/mol. The maximum Gasteiger partial charge on any atom is 0.266 e. The second kappa shape index (κ2) is 6.25. The first-order valence-electron chi connectivity index (χ1n) is 6.40. The van der Waals surface area contributed by atoms with E-state index in [1.165, 1.54) is 6.08 Å². The normalized spacial score (nSPS) is 17.1. The first-order chi connectivity index (χ1) is 10.4. The molecule has 1 aromatic rings. The van der Waals surface area contributed by atoms with Crippen molar-refractivity contribution in [1.82, 2.24) is 4.90 Å². The summed E-state index contributed by atoms with van der Waals surface area (Å²) in [6.07, 6.45) is 4.07. The third-order valence-electron chi connectivity index (χ3n) is 3.20. The minimum atomic E-state index is -2.36. The van der Waals surface area contributed by atoms with Gasteiger partial charge in [-0.05, 0) is 25.3 Å². The van der Waals surface area contributed by atoms with Crippen molar-refractivity contribution in [2.45, 2.75) is 19.3 Å². The van der Waals surface area contributed by atoms with E-state index in [4.69, 9.17) is 0 Å². The summed E-state index contributed by atoms with van der Waals surface area (Å²) in [4.78, 5) is 24.3. The molecule has 0 aromatic heterocycles. The molecule has 1 aromatic carbocycles. The van der Waals surface area contributed by atoms with Crippen molar-refractivity contribution in [2.24, 2.45) is 0 Å². The predicted molar refractivity (Wildman–Crippen MR) is 65.3 cm³/mol. The van der Waals surface area contributed by atoms with Crippen LogP contribution < -0.4 is 0 Å². The van der Waals surface area contributed by atoms with E-state index < -0.39 is 46.5 Å². The lowest BCUT2D eigenvalue weighted by Crippen LogP contribution is -2.38. The van der Waals surface area contributed by atoms with Gasteiger partial charge in [-0.25, -0.2) is 22.0 Å². The number of carbonyl (C=O) groups is 2. The molecule has 2 amide bonds. The summed E-state index contributed by atoms with van der Waals surface area (Å²) in [6, 6.07) is 0. The number of benzene rings is 1. The molecule has 0 unspecified atom stereocenters. The van der Waals surface area contributed by atoms with E-state index in [1.807, 2.05) is 0 Å². The van der Waals surface area contributed by atoms with E-state index >= 15 is 0 Å². The third kappa shape index (κ3) is 2.72. The minimum Gasteiger partial charge on any atom is -0.275 e. The fourth-order valence-electron chi connectivity index (χ4n) is 2.05. The van der Waals surface area contributed by atoms with Crippen molar-refractivity contribution in [3.8, 4) is 0 Å². The number of hydrogen-bond acceptors (Lipinski definition) is 2. The lowest BCUT2D eigenvalue weighted by Gasteiger charge is -2.21. The molecule has 0 N–H and O–H groups in total. The quantitative estimate of drug-likeness (QED) is 0.345. The molecule has 2 rings (SSSR count). The molecule has 8 heteroatoms. The standard InChI is InChI=1S/C14H10F5NO2/c15-9-8(10(16)12(18)13(19)11(9)17)14(22)20-6-4-2-1-3-5-7(20)21/h3,5H,1-2,4,6H2/b5-3-. The maximum atomic E-state index is 13.6. The van der Waals surface area contributed by atoms with Crippen LogP contribution in [0, 0.1) is 29.1 Å². The molecule has 0 aliphatic carbocycles.